The molecule has 16 heavy (non-hydrogen) atoms. The molecule has 84 valence electrons. The molecule has 0 aliphatic heterocycles. The van der Waals surface area contributed by atoms with E-state index in [1.165, 1.54) is 6.07 Å². The van der Waals surface area contributed by atoms with E-state index in [0.29, 0.717) is 10.9 Å². The Morgan fingerprint density at radius 3 is 2.88 bits per heavy atom. The number of hydrogen-bond acceptors (Lipinski definition) is 2. The smallest absolute Gasteiger partial charge is 0.137 e. The molecule has 1 heterocycles. The van der Waals surface area contributed by atoms with Gasteiger partial charge in [0.2, 0.25) is 0 Å². The van der Waals surface area contributed by atoms with Crippen molar-refractivity contribution in [2.75, 3.05) is 0 Å². The molecule has 0 spiro atoms. The number of hydrogen-bond donors (Lipinski definition) is 1. The molecule has 4 heteroatoms. The van der Waals surface area contributed by atoms with Crippen LogP contribution in [0.3, 0.4) is 0 Å². The van der Waals surface area contributed by atoms with Gasteiger partial charge in [0, 0.05) is 6.42 Å². The number of thiophene rings is 1. The second-order valence-corrected chi connectivity index (χ2v) is 5.06. The van der Waals surface area contributed by atoms with E-state index < -0.39 is 6.10 Å². The van der Waals surface area contributed by atoms with E-state index >= 15 is 0 Å². The van der Waals surface area contributed by atoms with Crippen molar-refractivity contribution >= 4 is 27.3 Å². The van der Waals surface area contributed by atoms with Crippen molar-refractivity contribution in [3.05, 3.63) is 56.4 Å². The Morgan fingerprint density at radius 2 is 2.19 bits per heavy atom. The summed E-state index contributed by atoms with van der Waals surface area (Å²) in [6, 6.07) is 6.73. The van der Waals surface area contributed by atoms with Crippen LogP contribution in [-0.2, 0) is 6.42 Å². The van der Waals surface area contributed by atoms with E-state index in [9.17, 15) is 9.50 Å². The van der Waals surface area contributed by atoms with Crippen LogP contribution < -0.4 is 0 Å². The minimum atomic E-state index is -0.579. The summed E-state index contributed by atoms with van der Waals surface area (Å²) < 4.78 is 13.7. The highest BCUT2D eigenvalue weighted by atomic mass is 79.9. The normalized spacial score (nSPS) is 12.7. The lowest BCUT2D eigenvalue weighted by molar-refractivity contribution is 0.178. The summed E-state index contributed by atoms with van der Waals surface area (Å²) in [4.78, 5) is 0. The van der Waals surface area contributed by atoms with Gasteiger partial charge in [-0.3, -0.25) is 0 Å². The van der Waals surface area contributed by atoms with Crippen LogP contribution in [0.15, 0.2) is 39.5 Å². The number of aliphatic hydroxyl groups is 1. The van der Waals surface area contributed by atoms with E-state index in [-0.39, 0.29) is 5.82 Å². The van der Waals surface area contributed by atoms with Crippen LogP contribution in [0.4, 0.5) is 4.39 Å². The maximum absolute atomic E-state index is 13.2. The first-order valence-corrected chi connectivity index (χ1v) is 6.55. The van der Waals surface area contributed by atoms with Gasteiger partial charge in [-0.1, -0.05) is 12.1 Å². The summed E-state index contributed by atoms with van der Waals surface area (Å²) >= 11 is 4.73. The third kappa shape index (κ3) is 2.51. The molecule has 1 aromatic heterocycles. The van der Waals surface area contributed by atoms with Crippen molar-refractivity contribution in [3.8, 4) is 0 Å². The Balaban J connectivity index is 2.18. The van der Waals surface area contributed by atoms with Crippen molar-refractivity contribution in [2.24, 2.45) is 0 Å². The average molecular weight is 301 g/mol. The minimum absolute atomic E-state index is 0.296. The standard InChI is InChI=1S/C12H10BrFOS/c13-12-8(2-1-3-10(12)14)6-11(15)9-4-5-16-7-9/h1-5,7,11,15H,6H2. The number of rotatable bonds is 3. The van der Waals surface area contributed by atoms with Crippen LogP contribution in [-0.4, -0.2) is 5.11 Å². The van der Waals surface area contributed by atoms with Crippen molar-refractivity contribution in [1.82, 2.24) is 0 Å². The lowest BCUT2D eigenvalue weighted by Gasteiger charge is -2.10. The lowest BCUT2D eigenvalue weighted by atomic mass is 10.0. The molecule has 1 unspecified atom stereocenters. The van der Waals surface area contributed by atoms with Crippen LogP contribution >= 0.6 is 27.3 Å². The Labute approximate surface area is 106 Å². The second kappa shape index (κ2) is 5.08. The summed E-state index contributed by atoms with van der Waals surface area (Å²) in [5, 5.41) is 13.8. The average Bonchev–Trinajstić information content (AvgIpc) is 2.78. The van der Waals surface area contributed by atoms with Gasteiger partial charge in [-0.25, -0.2) is 4.39 Å². The van der Waals surface area contributed by atoms with Crippen molar-refractivity contribution in [2.45, 2.75) is 12.5 Å². The summed E-state index contributed by atoms with van der Waals surface area (Å²) in [7, 11) is 0. The van der Waals surface area contributed by atoms with E-state index in [1.54, 1.807) is 17.4 Å². The van der Waals surface area contributed by atoms with Crippen molar-refractivity contribution in [1.29, 1.82) is 0 Å². The van der Waals surface area contributed by atoms with Gasteiger partial charge in [-0.2, -0.15) is 11.3 Å². The number of benzene rings is 1. The molecule has 1 N–H and O–H groups in total. The van der Waals surface area contributed by atoms with Gasteiger partial charge in [0.25, 0.3) is 0 Å². The Morgan fingerprint density at radius 1 is 1.38 bits per heavy atom. The van der Waals surface area contributed by atoms with E-state index in [1.807, 2.05) is 22.9 Å². The highest BCUT2D eigenvalue weighted by molar-refractivity contribution is 9.10. The molecule has 1 aromatic carbocycles. The van der Waals surface area contributed by atoms with E-state index in [2.05, 4.69) is 15.9 Å². The largest absolute Gasteiger partial charge is 0.388 e. The predicted octanol–water partition coefficient (Wildman–Crippen LogP) is 3.93. The van der Waals surface area contributed by atoms with Crippen LogP contribution in [0.5, 0.6) is 0 Å². The number of halogens is 2. The molecule has 0 aliphatic carbocycles. The van der Waals surface area contributed by atoms with Gasteiger partial charge in [0.15, 0.2) is 0 Å². The van der Waals surface area contributed by atoms with Gasteiger partial charge < -0.3 is 5.11 Å². The summed E-state index contributed by atoms with van der Waals surface area (Å²) in [6.45, 7) is 0. The van der Waals surface area contributed by atoms with E-state index in [4.69, 9.17) is 0 Å². The summed E-state index contributed by atoms with van der Waals surface area (Å²) in [5.41, 5.74) is 1.65. The van der Waals surface area contributed by atoms with Gasteiger partial charge in [-0.05, 0) is 49.9 Å². The zero-order chi connectivity index (χ0) is 11.5. The molecular weight excluding hydrogens is 291 g/mol. The molecular formula is C12H10BrFOS. The molecule has 0 aliphatic rings. The first-order chi connectivity index (χ1) is 7.68. The zero-order valence-corrected chi connectivity index (χ0v) is 10.8. The third-order valence-electron chi connectivity index (χ3n) is 2.37. The van der Waals surface area contributed by atoms with Gasteiger partial charge >= 0.3 is 0 Å². The predicted molar refractivity (Wildman–Crippen MR) is 67.1 cm³/mol. The molecule has 0 bridgehead atoms. The topological polar surface area (TPSA) is 20.2 Å². The number of aliphatic hydroxyl groups excluding tert-OH is 1. The molecule has 0 fully saturated rings. The van der Waals surface area contributed by atoms with E-state index in [0.717, 1.165) is 11.1 Å². The molecule has 2 aromatic rings. The maximum Gasteiger partial charge on any atom is 0.137 e. The van der Waals surface area contributed by atoms with Crippen molar-refractivity contribution < 1.29 is 9.50 Å². The summed E-state index contributed by atoms with van der Waals surface area (Å²) in [5.74, 6) is -0.296. The van der Waals surface area contributed by atoms with Crippen LogP contribution in [0.1, 0.15) is 17.2 Å². The molecule has 2 rings (SSSR count). The quantitative estimate of drug-likeness (QED) is 0.911. The second-order valence-electron chi connectivity index (χ2n) is 3.49. The molecule has 0 amide bonds. The first kappa shape index (κ1) is 11.8. The monoisotopic (exact) mass is 300 g/mol. The fourth-order valence-electron chi connectivity index (χ4n) is 1.50. The van der Waals surface area contributed by atoms with Gasteiger partial charge in [0.1, 0.15) is 5.82 Å². The van der Waals surface area contributed by atoms with Gasteiger partial charge in [0.05, 0.1) is 10.6 Å². The SMILES string of the molecule is OC(Cc1cccc(F)c1Br)c1ccsc1. The molecule has 0 radical (unpaired) electrons. The third-order valence-corrected chi connectivity index (χ3v) is 3.96. The fourth-order valence-corrected chi connectivity index (χ4v) is 2.63. The van der Waals surface area contributed by atoms with Crippen LogP contribution in [0, 0.1) is 5.82 Å². The molecule has 1 atom stereocenters. The molecule has 0 saturated carbocycles. The Bertz CT molecular complexity index is 470. The highest BCUT2D eigenvalue weighted by Crippen LogP contribution is 2.26. The van der Waals surface area contributed by atoms with Crippen LogP contribution in [0.2, 0.25) is 0 Å². The zero-order valence-electron chi connectivity index (χ0n) is 8.36. The summed E-state index contributed by atoms with van der Waals surface area (Å²) in [6.07, 6.45) is -0.168. The maximum atomic E-state index is 13.2. The molecule has 0 saturated heterocycles. The Kier molecular flexibility index (Phi) is 3.74. The van der Waals surface area contributed by atoms with Gasteiger partial charge in [-0.15, -0.1) is 0 Å². The minimum Gasteiger partial charge on any atom is -0.388 e. The lowest BCUT2D eigenvalue weighted by Crippen LogP contribution is -2.01. The first-order valence-electron chi connectivity index (χ1n) is 4.81. The fraction of sp³-hybridized carbons (Fsp3) is 0.167. The molecule has 1 nitrogen and oxygen atoms in total. The Hall–Kier alpha value is -0.710. The van der Waals surface area contributed by atoms with Crippen molar-refractivity contribution in [3.63, 3.8) is 0 Å². The van der Waals surface area contributed by atoms with Crippen LogP contribution in [0.25, 0.3) is 0 Å². The highest BCUT2D eigenvalue weighted by Gasteiger charge is 2.12.